The molecule has 112 valence electrons. The number of nitrogens with zero attached hydrogens (tertiary/aromatic N) is 1. The van der Waals surface area contributed by atoms with Crippen LogP contribution in [0.15, 0.2) is 24.3 Å². The maximum atomic E-state index is 5.52. The summed E-state index contributed by atoms with van der Waals surface area (Å²) in [6.07, 6.45) is 0. The van der Waals surface area contributed by atoms with Crippen molar-refractivity contribution in [1.82, 2.24) is 10.2 Å². The van der Waals surface area contributed by atoms with E-state index in [4.69, 9.17) is 9.47 Å². The van der Waals surface area contributed by atoms with E-state index in [1.54, 1.807) is 7.11 Å². The molecule has 1 aliphatic rings. The molecule has 0 amide bonds. The second kappa shape index (κ2) is 7.62. The molecule has 0 spiro atoms. The molecule has 1 aromatic rings. The van der Waals surface area contributed by atoms with E-state index in [1.165, 1.54) is 5.56 Å². The van der Waals surface area contributed by atoms with Crippen LogP contribution in [0.1, 0.15) is 25.5 Å². The Balaban J connectivity index is 2.13. The third-order valence-corrected chi connectivity index (χ3v) is 3.89. The van der Waals surface area contributed by atoms with E-state index < -0.39 is 0 Å². The second-order valence-electron chi connectivity index (χ2n) is 5.27. The van der Waals surface area contributed by atoms with Crippen molar-refractivity contribution >= 4 is 0 Å². The highest BCUT2D eigenvalue weighted by atomic mass is 16.5. The van der Waals surface area contributed by atoms with Gasteiger partial charge in [-0.1, -0.05) is 25.1 Å². The number of benzene rings is 1. The summed E-state index contributed by atoms with van der Waals surface area (Å²) in [5.74, 6) is 0.958. The minimum atomic E-state index is 0.289. The normalized spacial score (nSPS) is 21.6. The summed E-state index contributed by atoms with van der Waals surface area (Å²) < 4.78 is 11.0. The molecule has 1 aromatic carbocycles. The number of hydrogen-bond acceptors (Lipinski definition) is 4. The second-order valence-corrected chi connectivity index (χ2v) is 5.27. The van der Waals surface area contributed by atoms with E-state index in [-0.39, 0.29) is 6.04 Å². The Kier molecular flexibility index (Phi) is 5.83. The third kappa shape index (κ3) is 3.72. The molecule has 1 saturated heterocycles. The summed E-state index contributed by atoms with van der Waals surface area (Å²) in [5, 5.41) is 3.58. The standard InChI is InChI=1S/C16H26N2O2/c1-4-17-15(11-18-9-10-20-12-13(18)2)14-7-5-6-8-16(14)19-3/h5-8,13,15,17H,4,9-12H2,1-3H3. The van der Waals surface area contributed by atoms with Gasteiger partial charge in [-0.3, -0.25) is 4.90 Å². The highest BCUT2D eigenvalue weighted by Crippen LogP contribution is 2.26. The predicted octanol–water partition coefficient (Wildman–Crippen LogP) is 2.07. The average Bonchev–Trinajstić information content (AvgIpc) is 2.49. The van der Waals surface area contributed by atoms with Crippen LogP contribution in [-0.4, -0.2) is 50.9 Å². The number of ether oxygens (including phenoxy) is 2. The summed E-state index contributed by atoms with van der Waals surface area (Å²) in [6, 6.07) is 9.03. The van der Waals surface area contributed by atoms with Crippen molar-refractivity contribution in [2.75, 3.05) is 40.0 Å². The van der Waals surface area contributed by atoms with Crippen molar-refractivity contribution in [3.8, 4) is 5.75 Å². The lowest BCUT2D eigenvalue weighted by Crippen LogP contribution is -2.47. The van der Waals surface area contributed by atoms with Crippen molar-refractivity contribution in [2.24, 2.45) is 0 Å². The molecule has 0 radical (unpaired) electrons. The van der Waals surface area contributed by atoms with E-state index >= 15 is 0 Å². The fourth-order valence-electron chi connectivity index (χ4n) is 2.74. The first-order chi connectivity index (χ1) is 9.76. The van der Waals surface area contributed by atoms with Crippen LogP contribution in [0.3, 0.4) is 0 Å². The van der Waals surface area contributed by atoms with Crippen LogP contribution in [-0.2, 0) is 4.74 Å². The van der Waals surface area contributed by atoms with Gasteiger partial charge in [0.1, 0.15) is 5.75 Å². The van der Waals surface area contributed by atoms with Crippen molar-refractivity contribution in [3.63, 3.8) is 0 Å². The van der Waals surface area contributed by atoms with Gasteiger partial charge in [-0.05, 0) is 19.5 Å². The van der Waals surface area contributed by atoms with Gasteiger partial charge in [0.25, 0.3) is 0 Å². The molecule has 1 heterocycles. The molecule has 1 aliphatic heterocycles. The Labute approximate surface area is 122 Å². The number of rotatable bonds is 6. The van der Waals surface area contributed by atoms with E-state index in [0.29, 0.717) is 6.04 Å². The fourth-order valence-corrected chi connectivity index (χ4v) is 2.74. The maximum Gasteiger partial charge on any atom is 0.123 e. The van der Waals surface area contributed by atoms with Crippen LogP contribution < -0.4 is 10.1 Å². The van der Waals surface area contributed by atoms with Crippen LogP contribution >= 0.6 is 0 Å². The quantitative estimate of drug-likeness (QED) is 0.863. The molecule has 2 rings (SSSR count). The summed E-state index contributed by atoms with van der Waals surface area (Å²) >= 11 is 0. The van der Waals surface area contributed by atoms with Gasteiger partial charge < -0.3 is 14.8 Å². The molecular formula is C16H26N2O2. The molecular weight excluding hydrogens is 252 g/mol. The van der Waals surface area contributed by atoms with E-state index in [0.717, 1.165) is 38.6 Å². The Hall–Kier alpha value is -1.10. The van der Waals surface area contributed by atoms with Gasteiger partial charge in [0, 0.05) is 30.7 Å². The lowest BCUT2D eigenvalue weighted by molar-refractivity contribution is -0.00450. The Morgan fingerprint density at radius 1 is 1.45 bits per heavy atom. The van der Waals surface area contributed by atoms with Gasteiger partial charge in [-0.25, -0.2) is 0 Å². The Bertz CT molecular complexity index is 411. The molecule has 1 N–H and O–H groups in total. The van der Waals surface area contributed by atoms with Crippen molar-refractivity contribution in [2.45, 2.75) is 25.9 Å². The molecule has 4 heteroatoms. The topological polar surface area (TPSA) is 33.7 Å². The lowest BCUT2D eigenvalue weighted by Gasteiger charge is -2.36. The minimum absolute atomic E-state index is 0.289. The third-order valence-electron chi connectivity index (χ3n) is 3.89. The van der Waals surface area contributed by atoms with Gasteiger partial charge >= 0.3 is 0 Å². The molecule has 0 saturated carbocycles. The number of methoxy groups -OCH3 is 1. The number of para-hydroxylation sites is 1. The molecule has 0 aromatic heterocycles. The van der Waals surface area contributed by atoms with Gasteiger partial charge in [0.05, 0.1) is 20.3 Å². The SMILES string of the molecule is CCNC(CN1CCOCC1C)c1ccccc1OC. The molecule has 2 atom stereocenters. The van der Waals surface area contributed by atoms with Crippen LogP contribution in [0.5, 0.6) is 5.75 Å². The number of nitrogens with one attached hydrogen (secondary N) is 1. The summed E-state index contributed by atoms with van der Waals surface area (Å²) in [7, 11) is 1.74. The Morgan fingerprint density at radius 3 is 2.95 bits per heavy atom. The first-order valence-electron chi connectivity index (χ1n) is 7.44. The maximum absolute atomic E-state index is 5.52. The molecule has 2 unspecified atom stereocenters. The molecule has 4 nitrogen and oxygen atoms in total. The first kappa shape index (κ1) is 15.3. The zero-order chi connectivity index (χ0) is 14.4. The zero-order valence-electron chi connectivity index (χ0n) is 12.8. The van der Waals surface area contributed by atoms with Crippen LogP contribution in [0.4, 0.5) is 0 Å². The highest BCUT2D eigenvalue weighted by molar-refractivity contribution is 5.36. The van der Waals surface area contributed by atoms with Crippen molar-refractivity contribution in [1.29, 1.82) is 0 Å². The number of likely N-dealkylation sites (N-methyl/N-ethyl adjacent to an activating group) is 1. The van der Waals surface area contributed by atoms with Gasteiger partial charge in [-0.15, -0.1) is 0 Å². The highest BCUT2D eigenvalue weighted by Gasteiger charge is 2.24. The van der Waals surface area contributed by atoms with Gasteiger partial charge in [0.2, 0.25) is 0 Å². The number of morpholine rings is 1. The smallest absolute Gasteiger partial charge is 0.123 e. The average molecular weight is 278 g/mol. The van der Waals surface area contributed by atoms with Crippen molar-refractivity contribution in [3.05, 3.63) is 29.8 Å². The summed E-state index contributed by atoms with van der Waals surface area (Å²) in [6.45, 7) is 8.95. The van der Waals surface area contributed by atoms with Gasteiger partial charge in [0.15, 0.2) is 0 Å². The first-order valence-corrected chi connectivity index (χ1v) is 7.44. The van der Waals surface area contributed by atoms with E-state index in [1.807, 2.05) is 12.1 Å². The largest absolute Gasteiger partial charge is 0.496 e. The van der Waals surface area contributed by atoms with E-state index in [2.05, 4.69) is 36.2 Å². The van der Waals surface area contributed by atoms with Crippen LogP contribution in [0.25, 0.3) is 0 Å². The van der Waals surface area contributed by atoms with E-state index in [9.17, 15) is 0 Å². The van der Waals surface area contributed by atoms with Gasteiger partial charge in [-0.2, -0.15) is 0 Å². The fraction of sp³-hybridized carbons (Fsp3) is 0.625. The van der Waals surface area contributed by atoms with Crippen LogP contribution in [0, 0.1) is 0 Å². The van der Waals surface area contributed by atoms with Crippen molar-refractivity contribution < 1.29 is 9.47 Å². The Morgan fingerprint density at radius 2 is 2.25 bits per heavy atom. The minimum Gasteiger partial charge on any atom is -0.496 e. The summed E-state index contributed by atoms with van der Waals surface area (Å²) in [5.41, 5.74) is 1.23. The monoisotopic (exact) mass is 278 g/mol. The molecule has 0 bridgehead atoms. The zero-order valence-corrected chi connectivity index (χ0v) is 12.8. The molecule has 1 fully saturated rings. The lowest BCUT2D eigenvalue weighted by atomic mass is 10.0. The molecule has 0 aliphatic carbocycles. The summed E-state index contributed by atoms with van der Waals surface area (Å²) in [4.78, 5) is 2.49. The van der Waals surface area contributed by atoms with Crippen LogP contribution in [0.2, 0.25) is 0 Å². The predicted molar refractivity (Wildman–Crippen MR) is 81.3 cm³/mol. The number of hydrogen-bond donors (Lipinski definition) is 1. The molecule has 20 heavy (non-hydrogen) atoms.